The van der Waals surface area contributed by atoms with Gasteiger partial charge in [-0.05, 0) is 39.4 Å². The first-order valence-corrected chi connectivity index (χ1v) is 9.70. The molecule has 1 N–H and O–H groups in total. The highest BCUT2D eigenvalue weighted by Crippen LogP contribution is 2.21. The first-order chi connectivity index (χ1) is 13.2. The molecule has 0 spiro atoms. The van der Waals surface area contributed by atoms with Crippen LogP contribution in [0.1, 0.15) is 16.0 Å². The van der Waals surface area contributed by atoms with Crippen molar-refractivity contribution in [3.8, 4) is 0 Å². The van der Waals surface area contributed by atoms with Gasteiger partial charge in [-0.2, -0.15) is 0 Å². The van der Waals surface area contributed by atoms with Gasteiger partial charge >= 0.3 is 0 Å². The Labute approximate surface area is 163 Å². The number of aliphatic hydroxyl groups is 1. The van der Waals surface area contributed by atoms with Crippen LogP contribution in [0.25, 0.3) is 16.8 Å². The van der Waals surface area contributed by atoms with Gasteiger partial charge in [0.15, 0.2) is 0 Å². The Morgan fingerprint density at radius 1 is 1.22 bits per heavy atom. The molecule has 0 radical (unpaired) electrons. The average molecular weight is 381 g/mol. The van der Waals surface area contributed by atoms with Gasteiger partial charge < -0.3 is 14.7 Å². The molecular weight excluding hydrogens is 358 g/mol. The lowest BCUT2D eigenvalue weighted by Gasteiger charge is -2.22. The molecule has 27 heavy (non-hydrogen) atoms. The van der Waals surface area contributed by atoms with Crippen molar-refractivity contribution in [3.05, 3.63) is 76.0 Å². The molecule has 0 fully saturated rings. The summed E-state index contributed by atoms with van der Waals surface area (Å²) in [5.41, 5.74) is 1.98. The maximum Gasteiger partial charge on any atom is 0.246 e. The molecule has 140 valence electrons. The van der Waals surface area contributed by atoms with Crippen LogP contribution in [-0.2, 0) is 22.7 Å². The number of hydrogen-bond acceptors (Lipinski definition) is 4. The Morgan fingerprint density at radius 2 is 2.04 bits per heavy atom. The molecule has 1 amide bonds. The zero-order chi connectivity index (χ0) is 19.1. The van der Waals surface area contributed by atoms with Crippen LogP contribution < -0.4 is 0 Å². The number of amides is 1. The number of hydrogen-bond donors (Lipinski definition) is 1. The third-order valence-corrected chi connectivity index (χ3v) is 5.31. The topological polar surface area (TPSA) is 49.8 Å². The number of carbonyl (C=O) groups excluding carboxylic acids is 1. The van der Waals surface area contributed by atoms with E-state index in [1.165, 1.54) is 16.7 Å². The van der Waals surface area contributed by atoms with Gasteiger partial charge in [0, 0.05) is 31.2 Å². The number of fused-ring (bicyclic) bond motifs is 1. The van der Waals surface area contributed by atoms with Gasteiger partial charge in [0.25, 0.3) is 0 Å². The zero-order valence-electron chi connectivity index (χ0n) is 15.3. The van der Waals surface area contributed by atoms with E-state index in [9.17, 15) is 4.79 Å². The van der Waals surface area contributed by atoms with Crippen molar-refractivity contribution in [2.24, 2.45) is 0 Å². The summed E-state index contributed by atoms with van der Waals surface area (Å²) < 4.78 is 5.18. The average Bonchev–Trinajstić information content (AvgIpc) is 3.17. The molecule has 0 saturated heterocycles. The Bertz CT molecular complexity index is 927. The Kier molecular flexibility index (Phi) is 6.76. The quantitative estimate of drug-likeness (QED) is 0.598. The number of benzene rings is 2. The van der Waals surface area contributed by atoms with E-state index in [0.717, 1.165) is 21.4 Å². The molecule has 0 saturated carbocycles. The Morgan fingerprint density at radius 3 is 2.81 bits per heavy atom. The Hall–Kier alpha value is -2.47. The number of ether oxygens (including phenoxy) is 1. The summed E-state index contributed by atoms with van der Waals surface area (Å²) in [5, 5.41) is 13.4. The van der Waals surface area contributed by atoms with E-state index in [1.807, 2.05) is 29.6 Å². The van der Waals surface area contributed by atoms with E-state index in [-0.39, 0.29) is 12.5 Å². The van der Waals surface area contributed by atoms with Crippen LogP contribution >= 0.6 is 11.3 Å². The maximum atomic E-state index is 12.8. The number of methoxy groups -OCH3 is 1. The second kappa shape index (κ2) is 9.46. The lowest BCUT2D eigenvalue weighted by atomic mass is 10.0. The molecule has 0 unspecified atom stereocenters. The first-order valence-electron chi connectivity index (χ1n) is 8.82. The normalized spacial score (nSPS) is 11.3. The summed E-state index contributed by atoms with van der Waals surface area (Å²) in [6.45, 7) is 1.55. The van der Waals surface area contributed by atoms with E-state index in [4.69, 9.17) is 9.84 Å². The molecule has 3 aromatic rings. The molecule has 4 nitrogen and oxygen atoms in total. The van der Waals surface area contributed by atoms with Gasteiger partial charge in [-0.3, -0.25) is 4.79 Å². The number of carbonyl (C=O) groups is 1. The van der Waals surface area contributed by atoms with Gasteiger partial charge in [-0.1, -0.05) is 42.5 Å². The van der Waals surface area contributed by atoms with Crippen molar-refractivity contribution in [2.75, 3.05) is 20.3 Å². The molecule has 0 atom stereocenters. The first kappa shape index (κ1) is 19.3. The van der Waals surface area contributed by atoms with E-state index in [1.54, 1.807) is 24.2 Å². The lowest BCUT2D eigenvalue weighted by Crippen LogP contribution is -2.32. The monoisotopic (exact) mass is 381 g/mol. The smallest absolute Gasteiger partial charge is 0.246 e. The predicted molar refractivity (Wildman–Crippen MR) is 111 cm³/mol. The van der Waals surface area contributed by atoms with Crippen molar-refractivity contribution in [2.45, 2.75) is 13.2 Å². The third kappa shape index (κ3) is 5.04. The fourth-order valence-corrected chi connectivity index (χ4v) is 3.72. The molecule has 3 rings (SSSR count). The molecule has 0 aliphatic carbocycles. The van der Waals surface area contributed by atoms with Crippen molar-refractivity contribution in [3.63, 3.8) is 0 Å². The zero-order valence-corrected chi connectivity index (χ0v) is 16.1. The standard InChI is InChI=1S/C22H23NO3S/c1-26-12-11-23(22(25)10-9-20-13-17(15-24)16-27-20)14-19-7-4-6-18-5-2-3-8-21(18)19/h2-10,13,16,24H,11-12,14-15H2,1H3. The van der Waals surface area contributed by atoms with Crippen LogP contribution in [0.15, 0.2) is 60.0 Å². The lowest BCUT2D eigenvalue weighted by molar-refractivity contribution is -0.127. The summed E-state index contributed by atoms with van der Waals surface area (Å²) in [5.74, 6) is -0.0565. The highest BCUT2D eigenvalue weighted by atomic mass is 32.1. The number of aliphatic hydroxyl groups excluding tert-OH is 1. The fourth-order valence-electron chi connectivity index (χ4n) is 2.93. The van der Waals surface area contributed by atoms with Crippen LogP contribution in [0.3, 0.4) is 0 Å². The molecule has 0 bridgehead atoms. The van der Waals surface area contributed by atoms with Gasteiger partial charge in [-0.15, -0.1) is 11.3 Å². The molecule has 2 aromatic carbocycles. The summed E-state index contributed by atoms with van der Waals surface area (Å²) in [7, 11) is 1.64. The predicted octanol–water partition coefficient (Wildman–Crippen LogP) is 4.08. The largest absolute Gasteiger partial charge is 0.392 e. The van der Waals surface area contributed by atoms with E-state index < -0.39 is 0 Å². The summed E-state index contributed by atoms with van der Waals surface area (Å²) in [6, 6.07) is 16.2. The fraction of sp³-hybridized carbons (Fsp3) is 0.227. The van der Waals surface area contributed by atoms with E-state index >= 15 is 0 Å². The minimum Gasteiger partial charge on any atom is -0.392 e. The van der Waals surface area contributed by atoms with Crippen LogP contribution in [-0.4, -0.2) is 36.2 Å². The van der Waals surface area contributed by atoms with Crippen molar-refractivity contribution in [1.29, 1.82) is 0 Å². The maximum absolute atomic E-state index is 12.8. The van der Waals surface area contributed by atoms with Crippen molar-refractivity contribution >= 4 is 34.1 Å². The third-order valence-electron chi connectivity index (χ3n) is 4.36. The van der Waals surface area contributed by atoms with Gasteiger partial charge in [0.1, 0.15) is 0 Å². The van der Waals surface area contributed by atoms with Crippen LogP contribution in [0.2, 0.25) is 0 Å². The second-order valence-corrected chi connectivity index (χ2v) is 7.18. The van der Waals surface area contributed by atoms with Crippen LogP contribution in [0.5, 0.6) is 0 Å². The summed E-state index contributed by atoms with van der Waals surface area (Å²) >= 11 is 1.51. The summed E-state index contributed by atoms with van der Waals surface area (Å²) in [4.78, 5) is 15.5. The van der Waals surface area contributed by atoms with Gasteiger partial charge in [0.05, 0.1) is 13.2 Å². The second-order valence-electron chi connectivity index (χ2n) is 6.24. The van der Waals surface area contributed by atoms with Crippen LogP contribution in [0.4, 0.5) is 0 Å². The van der Waals surface area contributed by atoms with Gasteiger partial charge in [-0.25, -0.2) is 0 Å². The SMILES string of the molecule is COCCN(Cc1cccc2ccccc12)C(=O)C=Cc1cc(CO)cs1. The van der Waals surface area contributed by atoms with Crippen LogP contribution in [0, 0.1) is 0 Å². The molecular formula is C22H23NO3S. The minimum absolute atomic E-state index is 0.0132. The number of thiophene rings is 1. The number of nitrogens with zero attached hydrogens (tertiary/aromatic N) is 1. The van der Waals surface area contributed by atoms with E-state index in [2.05, 4.69) is 24.3 Å². The highest BCUT2D eigenvalue weighted by Gasteiger charge is 2.13. The minimum atomic E-state index is -0.0565. The Balaban J connectivity index is 1.79. The van der Waals surface area contributed by atoms with E-state index in [0.29, 0.717) is 19.7 Å². The molecule has 5 heteroatoms. The van der Waals surface area contributed by atoms with Crippen molar-refractivity contribution in [1.82, 2.24) is 4.90 Å². The number of rotatable bonds is 8. The van der Waals surface area contributed by atoms with Gasteiger partial charge in [0.2, 0.25) is 5.91 Å². The molecule has 0 aliphatic heterocycles. The van der Waals surface area contributed by atoms with Crippen molar-refractivity contribution < 1.29 is 14.6 Å². The molecule has 1 aromatic heterocycles. The summed E-state index contributed by atoms with van der Waals surface area (Å²) in [6.07, 6.45) is 3.39. The molecule has 1 heterocycles. The molecule has 0 aliphatic rings. The highest BCUT2D eigenvalue weighted by molar-refractivity contribution is 7.11.